The van der Waals surface area contributed by atoms with Gasteiger partial charge in [0.2, 0.25) is 0 Å². The standard InChI is InChI=1S/C15H15F3N2/c1-11-6-12(8-19-7-11)9-20-10-13-4-2-3-5-14(13)15(16,17)18/h2-8,20H,9-10H2,1H3. The molecule has 1 aromatic carbocycles. The molecule has 0 fully saturated rings. The summed E-state index contributed by atoms with van der Waals surface area (Å²) < 4.78 is 38.4. The lowest BCUT2D eigenvalue weighted by Gasteiger charge is -2.13. The summed E-state index contributed by atoms with van der Waals surface area (Å²) in [6.45, 7) is 2.58. The minimum absolute atomic E-state index is 0.170. The summed E-state index contributed by atoms with van der Waals surface area (Å²) in [7, 11) is 0. The number of nitrogens with zero attached hydrogens (tertiary/aromatic N) is 1. The first-order chi connectivity index (χ1) is 9.47. The highest BCUT2D eigenvalue weighted by molar-refractivity contribution is 5.29. The second kappa shape index (κ2) is 6.05. The first-order valence-corrected chi connectivity index (χ1v) is 6.23. The molecule has 0 radical (unpaired) electrons. The summed E-state index contributed by atoms with van der Waals surface area (Å²) in [5, 5.41) is 3.02. The molecule has 5 heteroatoms. The van der Waals surface area contributed by atoms with Gasteiger partial charge in [-0.3, -0.25) is 4.98 Å². The lowest BCUT2D eigenvalue weighted by atomic mass is 10.1. The van der Waals surface area contributed by atoms with Crippen molar-refractivity contribution in [3.05, 3.63) is 65.0 Å². The fourth-order valence-electron chi connectivity index (χ4n) is 2.01. The zero-order valence-electron chi connectivity index (χ0n) is 11.0. The highest BCUT2D eigenvalue weighted by Gasteiger charge is 2.32. The van der Waals surface area contributed by atoms with Crippen LogP contribution >= 0.6 is 0 Å². The third-order valence-electron chi connectivity index (χ3n) is 2.90. The summed E-state index contributed by atoms with van der Waals surface area (Å²) in [5.41, 5.74) is 1.64. The van der Waals surface area contributed by atoms with Crippen LogP contribution in [0.5, 0.6) is 0 Å². The molecule has 0 spiro atoms. The summed E-state index contributed by atoms with van der Waals surface area (Å²) in [6, 6.07) is 7.56. The van der Waals surface area contributed by atoms with Gasteiger partial charge in [0.15, 0.2) is 0 Å². The maximum absolute atomic E-state index is 12.8. The van der Waals surface area contributed by atoms with Crippen molar-refractivity contribution in [1.29, 1.82) is 0 Å². The molecule has 0 aliphatic heterocycles. The molecule has 2 rings (SSSR count). The minimum atomic E-state index is -4.32. The van der Waals surface area contributed by atoms with Gasteiger partial charge in [-0.05, 0) is 29.7 Å². The Labute approximate surface area is 115 Å². The fourth-order valence-corrected chi connectivity index (χ4v) is 2.01. The Morgan fingerprint density at radius 1 is 1.10 bits per heavy atom. The molecule has 1 N–H and O–H groups in total. The van der Waals surface area contributed by atoms with Gasteiger partial charge in [-0.1, -0.05) is 24.3 Å². The van der Waals surface area contributed by atoms with Crippen molar-refractivity contribution in [1.82, 2.24) is 10.3 Å². The Morgan fingerprint density at radius 2 is 1.85 bits per heavy atom. The van der Waals surface area contributed by atoms with Crippen LogP contribution < -0.4 is 5.32 Å². The third kappa shape index (κ3) is 3.81. The number of aryl methyl sites for hydroxylation is 1. The second-order valence-electron chi connectivity index (χ2n) is 4.63. The van der Waals surface area contributed by atoms with Crippen LogP contribution in [-0.2, 0) is 19.3 Å². The average molecular weight is 280 g/mol. The highest BCUT2D eigenvalue weighted by Crippen LogP contribution is 2.31. The zero-order valence-corrected chi connectivity index (χ0v) is 11.0. The number of aromatic nitrogens is 1. The molecule has 1 heterocycles. The van der Waals surface area contributed by atoms with Gasteiger partial charge in [0.25, 0.3) is 0 Å². The molecule has 0 amide bonds. The van der Waals surface area contributed by atoms with Crippen molar-refractivity contribution < 1.29 is 13.2 Å². The fraction of sp³-hybridized carbons (Fsp3) is 0.267. The van der Waals surface area contributed by atoms with E-state index in [0.29, 0.717) is 6.54 Å². The Morgan fingerprint density at radius 3 is 2.55 bits per heavy atom. The lowest BCUT2D eigenvalue weighted by molar-refractivity contribution is -0.138. The Bertz CT molecular complexity index is 579. The van der Waals surface area contributed by atoms with Gasteiger partial charge >= 0.3 is 6.18 Å². The van der Waals surface area contributed by atoms with Crippen molar-refractivity contribution in [2.45, 2.75) is 26.2 Å². The van der Waals surface area contributed by atoms with Crippen molar-refractivity contribution in [2.24, 2.45) is 0 Å². The van der Waals surface area contributed by atoms with Gasteiger partial charge in [-0.2, -0.15) is 13.2 Å². The summed E-state index contributed by atoms with van der Waals surface area (Å²) in [4.78, 5) is 4.05. The van der Waals surface area contributed by atoms with Crippen molar-refractivity contribution in [2.75, 3.05) is 0 Å². The average Bonchev–Trinajstić information content (AvgIpc) is 2.38. The van der Waals surface area contributed by atoms with E-state index in [1.807, 2.05) is 13.0 Å². The topological polar surface area (TPSA) is 24.9 Å². The number of nitrogens with one attached hydrogen (secondary N) is 1. The third-order valence-corrected chi connectivity index (χ3v) is 2.90. The van der Waals surface area contributed by atoms with Crippen LogP contribution in [0.1, 0.15) is 22.3 Å². The van der Waals surface area contributed by atoms with Crippen LogP contribution in [0.3, 0.4) is 0 Å². The molecule has 0 unspecified atom stereocenters. The highest BCUT2D eigenvalue weighted by atomic mass is 19.4. The van der Waals surface area contributed by atoms with Gasteiger partial charge in [-0.15, -0.1) is 0 Å². The number of halogens is 3. The van der Waals surface area contributed by atoms with E-state index in [9.17, 15) is 13.2 Å². The Kier molecular flexibility index (Phi) is 4.39. The SMILES string of the molecule is Cc1cncc(CNCc2ccccc2C(F)(F)F)c1. The summed E-state index contributed by atoms with van der Waals surface area (Å²) in [5.74, 6) is 0. The minimum Gasteiger partial charge on any atom is -0.309 e. The molecule has 0 bridgehead atoms. The molecule has 2 nitrogen and oxygen atoms in total. The van der Waals surface area contributed by atoms with Gasteiger partial charge in [-0.25, -0.2) is 0 Å². The van der Waals surface area contributed by atoms with E-state index in [4.69, 9.17) is 0 Å². The van der Waals surface area contributed by atoms with Crippen LogP contribution in [0.4, 0.5) is 13.2 Å². The quantitative estimate of drug-likeness (QED) is 0.923. The second-order valence-corrected chi connectivity index (χ2v) is 4.63. The van der Waals surface area contributed by atoms with E-state index < -0.39 is 11.7 Å². The molecule has 0 aliphatic carbocycles. The maximum Gasteiger partial charge on any atom is 0.416 e. The van der Waals surface area contributed by atoms with E-state index in [1.54, 1.807) is 18.5 Å². The predicted octanol–water partition coefficient (Wildman–Crippen LogP) is 3.70. The first-order valence-electron chi connectivity index (χ1n) is 6.23. The van der Waals surface area contributed by atoms with E-state index in [-0.39, 0.29) is 12.1 Å². The Hall–Kier alpha value is -1.88. The summed E-state index contributed by atoms with van der Waals surface area (Å²) in [6.07, 6.45) is -0.874. The number of pyridine rings is 1. The molecule has 106 valence electrons. The van der Waals surface area contributed by atoms with Gasteiger partial charge in [0.1, 0.15) is 0 Å². The number of hydrogen-bond donors (Lipinski definition) is 1. The first kappa shape index (κ1) is 14.5. The number of hydrogen-bond acceptors (Lipinski definition) is 2. The van der Waals surface area contributed by atoms with Gasteiger partial charge in [0.05, 0.1) is 5.56 Å². The molecule has 0 saturated carbocycles. The van der Waals surface area contributed by atoms with Gasteiger partial charge in [0, 0.05) is 25.5 Å². The van der Waals surface area contributed by atoms with E-state index in [2.05, 4.69) is 10.3 Å². The number of rotatable bonds is 4. The number of alkyl halides is 3. The van der Waals surface area contributed by atoms with Crippen molar-refractivity contribution in [3.63, 3.8) is 0 Å². The van der Waals surface area contributed by atoms with E-state index >= 15 is 0 Å². The van der Waals surface area contributed by atoms with E-state index in [1.165, 1.54) is 12.1 Å². The van der Waals surface area contributed by atoms with Crippen LogP contribution in [0.25, 0.3) is 0 Å². The molecule has 1 aromatic heterocycles. The molecular formula is C15H15F3N2. The van der Waals surface area contributed by atoms with Crippen LogP contribution in [0, 0.1) is 6.92 Å². The molecular weight excluding hydrogens is 265 g/mol. The van der Waals surface area contributed by atoms with Crippen LogP contribution in [0.15, 0.2) is 42.7 Å². The number of benzene rings is 1. The van der Waals surface area contributed by atoms with Crippen molar-refractivity contribution in [3.8, 4) is 0 Å². The molecule has 0 saturated heterocycles. The molecule has 20 heavy (non-hydrogen) atoms. The van der Waals surface area contributed by atoms with Gasteiger partial charge < -0.3 is 5.32 Å². The van der Waals surface area contributed by atoms with E-state index in [0.717, 1.165) is 17.2 Å². The smallest absolute Gasteiger partial charge is 0.309 e. The zero-order chi connectivity index (χ0) is 14.6. The molecule has 0 aliphatic rings. The normalized spacial score (nSPS) is 11.6. The molecule has 2 aromatic rings. The largest absolute Gasteiger partial charge is 0.416 e. The van der Waals surface area contributed by atoms with Crippen LogP contribution in [-0.4, -0.2) is 4.98 Å². The summed E-state index contributed by atoms with van der Waals surface area (Å²) >= 11 is 0. The molecule has 0 atom stereocenters. The monoisotopic (exact) mass is 280 g/mol. The predicted molar refractivity (Wildman–Crippen MR) is 71.0 cm³/mol. The Balaban J connectivity index is 2.01. The van der Waals surface area contributed by atoms with Crippen molar-refractivity contribution >= 4 is 0 Å². The maximum atomic E-state index is 12.8. The van der Waals surface area contributed by atoms with Crippen LogP contribution in [0.2, 0.25) is 0 Å². The lowest BCUT2D eigenvalue weighted by Crippen LogP contribution is -2.17.